The van der Waals surface area contributed by atoms with Gasteiger partial charge in [-0.05, 0) is 45.1 Å². The summed E-state index contributed by atoms with van der Waals surface area (Å²) in [6.45, 7) is 8.46. The van der Waals surface area contributed by atoms with Gasteiger partial charge in [-0.1, -0.05) is 30.3 Å². The maximum absolute atomic E-state index is 5.34. The summed E-state index contributed by atoms with van der Waals surface area (Å²) in [4.78, 5) is 4.63. The van der Waals surface area contributed by atoms with Gasteiger partial charge in [0, 0.05) is 32.8 Å². The molecule has 124 valence electrons. The van der Waals surface area contributed by atoms with Crippen LogP contribution in [0.4, 0.5) is 0 Å². The number of unbranched alkanes of at least 4 members (excludes halogenated alkanes) is 1. The third-order valence-electron chi connectivity index (χ3n) is 3.29. The highest BCUT2D eigenvalue weighted by atomic mass is 16.5. The lowest BCUT2D eigenvalue weighted by molar-refractivity contribution is 0.143. The van der Waals surface area contributed by atoms with Crippen LogP contribution in [-0.4, -0.2) is 38.8 Å². The summed E-state index contributed by atoms with van der Waals surface area (Å²) in [7, 11) is 0. The zero-order chi connectivity index (χ0) is 15.9. The lowest BCUT2D eigenvalue weighted by Crippen LogP contribution is -2.38. The van der Waals surface area contributed by atoms with Crippen LogP contribution in [0.3, 0.4) is 0 Å². The van der Waals surface area contributed by atoms with Gasteiger partial charge in [0.15, 0.2) is 5.96 Å². The molecule has 0 bridgehead atoms. The number of hydrogen-bond acceptors (Lipinski definition) is 2. The van der Waals surface area contributed by atoms with Crippen LogP contribution in [0.1, 0.15) is 38.7 Å². The molecule has 0 atom stereocenters. The number of ether oxygens (including phenoxy) is 1. The zero-order valence-electron chi connectivity index (χ0n) is 14.1. The largest absolute Gasteiger partial charge is 0.382 e. The van der Waals surface area contributed by atoms with E-state index in [4.69, 9.17) is 4.74 Å². The molecule has 0 saturated heterocycles. The number of aryl methyl sites for hydroxylation is 1. The standard InChI is InChI=1S/C18H31N3O/c1-3-19-18(20-14-8-9-16-22-4-2)21-15-10-13-17-11-6-5-7-12-17/h5-7,11-12H,3-4,8-10,13-16H2,1-2H3,(H2,19,20,21). The maximum Gasteiger partial charge on any atom is 0.191 e. The fourth-order valence-electron chi connectivity index (χ4n) is 2.14. The van der Waals surface area contributed by atoms with Crippen LogP contribution >= 0.6 is 0 Å². The summed E-state index contributed by atoms with van der Waals surface area (Å²) in [5.41, 5.74) is 1.38. The highest BCUT2D eigenvalue weighted by Crippen LogP contribution is 2.02. The molecule has 22 heavy (non-hydrogen) atoms. The summed E-state index contributed by atoms with van der Waals surface area (Å²) in [6.07, 6.45) is 4.35. The third-order valence-corrected chi connectivity index (χ3v) is 3.29. The predicted octanol–water partition coefficient (Wildman–Crippen LogP) is 2.99. The van der Waals surface area contributed by atoms with Gasteiger partial charge in [0.2, 0.25) is 0 Å². The Hall–Kier alpha value is -1.55. The van der Waals surface area contributed by atoms with Gasteiger partial charge in [0.25, 0.3) is 0 Å². The van der Waals surface area contributed by atoms with E-state index in [1.54, 1.807) is 0 Å². The molecule has 1 aromatic rings. The molecule has 0 aliphatic carbocycles. The fraction of sp³-hybridized carbons (Fsp3) is 0.611. The highest BCUT2D eigenvalue weighted by molar-refractivity contribution is 5.79. The molecule has 0 radical (unpaired) electrons. The number of benzene rings is 1. The van der Waals surface area contributed by atoms with Crippen molar-refractivity contribution in [1.29, 1.82) is 0 Å². The Labute approximate surface area is 135 Å². The van der Waals surface area contributed by atoms with Crippen LogP contribution in [0.2, 0.25) is 0 Å². The van der Waals surface area contributed by atoms with Crippen LogP contribution in [0.5, 0.6) is 0 Å². The molecule has 0 aliphatic heterocycles. The molecule has 0 unspecified atom stereocenters. The normalized spacial score (nSPS) is 11.5. The molecule has 0 spiro atoms. The van der Waals surface area contributed by atoms with Crippen LogP contribution in [0.15, 0.2) is 35.3 Å². The van der Waals surface area contributed by atoms with E-state index in [1.807, 2.05) is 6.92 Å². The van der Waals surface area contributed by atoms with Gasteiger partial charge in [0.1, 0.15) is 0 Å². The summed E-state index contributed by atoms with van der Waals surface area (Å²) < 4.78 is 5.34. The SMILES string of the molecule is CCNC(=NCCCc1ccccc1)NCCCCOCC. The first-order chi connectivity index (χ1) is 10.9. The van der Waals surface area contributed by atoms with Gasteiger partial charge in [-0.15, -0.1) is 0 Å². The van der Waals surface area contributed by atoms with E-state index in [2.05, 4.69) is 52.9 Å². The van der Waals surface area contributed by atoms with Crippen molar-refractivity contribution in [3.8, 4) is 0 Å². The number of aliphatic imine (C=N–C) groups is 1. The second kappa shape index (κ2) is 13.1. The first-order valence-electron chi connectivity index (χ1n) is 8.50. The topological polar surface area (TPSA) is 45.7 Å². The van der Waals surface area contributed by atoms with Gasteiger partial charge in [-0.3, -0.25) is 4.99 Å². The van der Waals surface area contributed by atoms with E-state index in [9.17, 15) is 0 Å². The lowest BCUT2D eigenvalue weighted by Gasteiger charge is -2.11. The molecule has 0 fully saturated rings. The molecule has 2 N–H and O–H groups in total. The van der Waals surface area contributed by atoms with E-state index < -0.39 is 0 Å². The van der Waals surface area contributed by atoms with Crippen LogP contribution < -0.4 is 10.6 Å². The minimum Gasteiger partial charge on any atom is -0.382 e. The van der Waals surface area contributed by atoms with E-state index in [1.165, 1.54) is 5.56 Å². The number of nitrogens with one attached hydrogen (secondary N) is 2. The van der Waals surface area contributed by atoms with Crippen molar-refractivity contribution in [2.45, 2.75) is 39.5 Å². The molecule has 0 aliphatic rings. The Kier molecular flexibility index (Phi) is 11.0. The van der Waals surface area contributed by atoms with E-state index in [0.717, 1.165) is 64.5 Å². The molecule has 1 rings (SSSR count). The number of hydrogen-bond donors (Lipinski definition) is 2. The summed E-state index contributed by atoms with van der Waals surface area (Å²) >= 11 is 0. The van der Waals surface area contributed by atoms with Gasteiger partial charge in [-0.25, -0.2) is 0 Å². The molecular weight excluding hydrogens is 274 g/mol. The monoisotopic (exact) mass is 305 g/mol. The second-order valence-corrected chi connectivity index (χ2v) is 5.18. The minimum absolute atomic E-state index is 0.805. The van der Waals surface area contributed by atoms with Crippen molar-refractivity contribution in [3.63, 3.8) is 0 Å². The van der Waals surface area contributed by atoms with Crippen molar-refractivity contribution in [2.24, 2.45) is 4.99 Å². The number of guanidine groups is 1. The van der Waals surface area contributed by atoms with Gasteiger partial charge >= 0.3 is 0 Å². The molecule has 1 aromatic carbocycles. The fourth-order valence-corrected chi connectivity index (χ4v) is 2.14. The average molecular weight is 305 g/mol. The molecule has 0 aromatic heterocycles. The van der Waals surface area contributed by atoms with Crippen LogP contribution in [0, 0.1) is 0 Å². The van der Waals surface area contributed by atoms with Gasteiger partial charge < -0.3 is 15.4 Å². The van der Waals surface area contributed by atoms with Crippen LogP contribution in [0.25, 0.3) is 0 Å². The molecular formula is C18H31N3O. The van der Waals surface area contributed by atoms with Crippen molar-refractivity contribution in [1.82, 2.24) is 10.6 Å². The van der Waals surface area contributed by atoms with E-state index in [-0.39, 0.29) is 0 Å². The molecule has 0 amide bonds. The van der Waals surface area contributed by atoms with Crippen molar-refractivity contribution < 1.29 is 4.74 Å². The smallest absolute Gasteiger partial charge is 0.191 e. The second-order valence-electron chi connectivity index (χ2n) is 5.18. The first-order valence-corrected chi connectivity index (χ1v) is 8.50. The van der Waals surface area contributed by atoms with Crippen LogP contribution in [-0.2, 0) is 11.2 Å². The molecule has 4 heteroatoms. The Bertz CT molecular complexity index is 393. The Morgan fingerprint density at radius 3 is 2.59 bits per heavy atom. The Morgan fingerprint density at radius 2 is 1.86 bits per heavy atom. The third kappa shape index (κ3) is 9.40. The predicted molar refractivity (Wildman–Crippen MR) is 94.5 cm³/mol. The van der Waals surface area contributed by atoms with Crippen molar-refractivity contribution in [3.05, 3.63) is 35.9 Å². The first kappa shape index (κ1) is 18.5. The highest BCUT2D eigenvalue weighted by Gasteiger charge is 1.97. The minimum atomic E-state index is 0.805. The summed E-state index contributed by atoms with van der Waals surface area (Å²) in [6, 6.07) is 10.6. The van der Waals surface area contributed by atoms with Gasteiger partial charge in [-0.2, -0.15) is 0 Å². The van der Waals surface area contributed by atoms with Crippen molar-refractivity contribution in [2.75, 3.05) is 32.8 Å². The molecule has 4 nitrogen and oxygen atoms in total. The Balaban J connectivity index is 2.17. The molecule has 0 heterocycles. The quantitative estimate of drug-likeness (QED) is 0.375. The molecule has 0 saturated carbocycles. The summed E-state index contributed by atoms with van der Waals surface area (Å²) in [5.74, 6) is 0.923. The van der Waals surface area contributed by atoms with Gasteiger partial charge in [0.05, 0.1) is 0 Å². The zero-order valence-corrected chi connectivity index (χ0v) is 14.1. The number of rotatable bonds is 11. The van der Waals surface area contributed by atoms with E-state index in [0.29, 0.717) is 0 Å². The van der Waals surface area contributed by atoms with E-state index >= 15 is 0 Å². The summed E-state index contributed by atoms with van der Waals surface area (Å²) in [5, 5.41) is 6.67. The average Bonchev–Trinajstić information content (AvgIpc) is 2.55. The lowest BCUT2D eigenvalue weighted by atomic mass is 10.1. The number of nitrogens with zero attached hydrogens (tertiary/aromatic N) is 1. The van der Waals surface area contributed by atoms with Crippen molar-refractivity contribution >= 4 is 5.96 Å². The Morgan fingerprint density at radius 1 is 1.05 bits per heavy atom. The maximum atomic E-state index is 5.34.